The highest BCUT2D eigenvalue weighted by molar-refractivity contribution is 7.92. The van der Waals surface area contributed by atoms with Gasteiger partial charge in [0.25, 0.3) is 0 Å². The number of nitrogens with one attached hydrogen (secondary N) is 1. The number of nitrogens with zero attached hydrogens (tertiary/aromatic N) is 1. The molecule has 0 heterocycles. The van der Waals surface area contributed by atoms with E-state index in [1.165, 1.54) is 36.7 Å². The van der Waals surface area contributed by atoms with Crippen LogP contribution in [0.15, 0.2) is 42.5 Å². The number of hydrogen-bond acceptors (Lipinski definition) is 6. The molecule has 10 heteroatoms. The maximum absolute atomic E-state index is 12.3. The van der Waals surface area contributed by atoms with Crippen LogP contribution in [0, 0.1) is 0 Å². The average Bonchev–Trinajstić information content (AvgIpc) is 2.71. The Morgan fingerprint density at radius 3 is 2.50 bits per heavy atom. The average molecular weight is 455 g/mol. The van der Waals surface area contributed by atoms with Gasteiger partial charge in [-0.2, -0.15) is 0 Å². The Hall–Kier alpha value is -2.78. The molecule has 8 nitrogen and oxygen atoms in total. The molecule has 2 aromatic carbocycles. The number of halogens is 1. The molecule has 0 atom stereocenters. The molecule has 0 unspecified atom stereocenters. The molecular weight excluding hydrogens is 432 g/mol. The molecule has 0 radical (unpaired) electrons. The molecule has 1 amide bonds. The minimum absolute atomic E-state index is 0.0504. The van der Waals surface area contributed by atoms with Crippen LogP contribution in [0.1, 0.15) is 23.2 Å². The summed E-state index contributed by atoms with van der Waals surface area (Å²) < 4.78 is 35.4. The van der Waals surface area contributed by atoms with Crippen LogP contribution in [0.5, 0.6) is 5.75 Å². The summed E-state index contributed by atoms with van der Waals surface area (Å²) in [4.78, 5) is 23.9. The predicted molar refractivity (Wildman–Crippen MR) is 116 cm³/mol. The summed E-state index contributed by atoms with van der Waals surface area (Å²) in [6, 6.07) is 11.1. The van der Waals surface area contributed by atoms with Crippen molar-refractivity contribution in [3.05, 3.63) is 53.1 Å². The van der Waals surface area contributed by atoms with Gasteiger partial charge in [-0.1, -0.05) is 17.7 Å². The van der Waals surface area contributed by atoms with Crippen molar-refractivity contribution in [3.8, 4) is 5.75 Å². The van der Waals surface area contributed by atoms with Gasteiger partial charge in [0.1, 0.15) is 5.75 Å². The zero-order chi connectivity index (χ0) is 22.3. The molecule has 1 N–H and O–H groups in total. The van der Waals surface area contributed by atoms with Crippen molar-refractivity contribution in [2.75, 3.05) is 36.6 Å². The fourth-order valence-corrected chi connectivity index (χ4v) is 3.84. The molecule has 0 saturated carbocycles. The largest absolute Gasteiger partial charge is 0.497 e. The molecule has 162 valence electrons. The summed E-state index contributed by atoms with van der Waals surface area (Å²) in [6.45, 7) is 0.107. The Morgan fingerprint density at radius 2 is 1.87 bits per heavy atom. The summed E-state index contributed by atoms with van der Waals surface area (Å²) in [5.74, 6) is -0.388. The van der Waals surface area contributed by atoms with E-state index in [-0.39, 0.29) is 41.6 Å². The van der Waals surface area contributed by atoms with Gasteiger partial charge >= 0.3 is 5.97 Å². The van der Waals surface area contributed by atoms with Crippen LogP contribution in [0.25, 0.3) is 0 Å². The first-order valence-electron chi connectivity index (χ1n) is 8.95. The Bertz CT molecular complexity index is 1030. The molecule has 2 aromatic rings. The fraction of sp³-hybridized carbons (Fsp3) is 0.300. The number of esters is 1. The Morgan fingerprint density at radius 1 is 1.13 bits per heavy atom. The van der Waals surface area contributed by atoms with E-state index in [2.05, 4.69) is 10.1 Å². The summed E-state index contributed by atoms with van der Waals surface area (Å²) in [6.07, 6.45) is 1.42. The zero-order valence-corrected chi connectivity index (χ0v) is 18.4. The molecule has 0 aliphatic carbocycles. The number of amides is 1. The lowest BCUT2D eigenvalue weighted by Crippen LogP contribution is -2.31. The number of rotatable bonds is 9. The van der Waals surface area contributed by atoms with E-state index in [0.717, 1.165) is 6.26 Å². The van der Waals surface area contributed by atoms with Crippen molar-refractivity contribution in [2.45, 2.75) is 12.8 Å². The minimum Gasteiger partial charge on any atom is -0.497 e. The maximum Gasteiger partial charge on any atom is 0.337 e. The quantitative estimate of drug-likeness (QED) is 0.583. The Balaban J connectivity index is 2.03. The van der Waals surface area contributed by atoms with E-state index < -0.39 is 16.0 Å². The number of ether oxygens (including phenoxy) is 2. The van der Waals surface area contributed by atoms with Crippen LogP contribution in [-0.2, 0) is 19.6 Å². The van der Waals surface area contributed by atoms with E-state index in [4.69, 9.17) is 16.3 Å². The molecule has 0 aliphatic rings. The van der Waals surface area contributed by atoms with Crippen molar-refractivity contribution in [3.63, 3.8) is 0 Å². The first-order chi connectivity index (χ1) is 14.2. The van der Waals surface area contributed by atoms with Crippen LogP contribution in [0.4, 0.5) is 11.4 Å². The fourth-order valence-electron chi connectivity index (χ4n) is 2.71. The monoisotopic (exact) mass is 454 g/mol. The van der Waals surface area contributed by atoms with E-state index >= 15 is 0 Å². The highest BCUT2D eigenvalue weighted by Crippen LogP contribution is 2.25. The Kier molecular flexibility index (Phi) is 8.08. The lowest BCUT2D eigenvalue weighted by Gasteiger charge is -2.22. The lowest BCUT2D eigenvalue weighted by atomic mass is 10.2. The zero-order valence-electron chi connectivity index (χ0n) is 16.8. The molecule has 0 aliphatic heterocycles. The first-order valence-corrected chi connectivity index (χ1v) is 11.2. The Labute approximate surface area is 180 Å². The van der Waals surface area contributed by atoms with Gasteiger partial charge < -0.3 is 14.8 Å². The van der Waals surface area contributed by atoms with Gasteiger partial charge in [0, 0.05) is 19.0 Å². The topological polar surface area (TPSA) is 102 Å². The number of benzene rings is 2. The van der Waals surface area contributed by atoms with Crippen LogP contribution < -0.4 is 14.4 Å². The maximum atomic E-state index is 12.3. The molecule has 0 spiro atoms. The lowest BCUT2D eigenvalue weighted by molar-refractivity contribution is -0.116. The van der Waals surface area contributed by atoms with Crippen LogP contribution in [-0.4, -0.2) is 47.3 Å². The highest BCUT2D eigenvalue weighted by Gasteiger charge is 2.18. The second-order valence-electron chi connectivity index (χ2n) is 6.37. The van der Waals surface area contributed by atoms with Gasteiger partial charge in [-0.25, -0.2) is 13.2 Å². The third-order valence-corrected chi connectivity index (χ3v) is 5.69. The smallest absolute Gasteiger partial charge is 0.337 e. The summed E-state index contributed by atoms with van der Waals surface area (Å²) in [5.41, 5.74) is 0.974. The van der Waals surface area contributed by atoms with E-state index in [9.17, 15) is 18.0 Å². The van der Waals surface area contributed by atoms with Gasteiger partial charge in [0.05, 0.1) is 42.4 Å². The van der Waals surface area contributed by atoms with Crippen molar-refractivity contribution in [2.24, 2.45) is 0 Å². The molecule has 0 bridgehead atoms. The SMILES string of the molecule is COC(=O)c1ccc(Cl)c(NC(=O)CCCN(c2cccc(OC)c2)S(C)(=O)=O)c1. The first kappa shape index (κ1) is 23.5. The minimum atomic E-state index is -3.55. The second kappa shape index (κ2) is 10.3. The van der Waals surface area contributed by atoms with E-state index in [1.54, 1.807) is 24.3 Å². The molecule has 30 heavy (non-hydrogen) atoms. The van der Waals surface area contributed by atoms with Crippen molar-refractivity contribution < 1.29 is 27.5 Å². The van der Waals surface area contributed by atoms with Crippen molar-refractivity contribution in [1.29, 1.82) is 0 Å². The van der Waals surface area contributed by atoms with Gasteiger partial charge in [-0.05, 0) is 36.8 Å². The molecule has 2 rings (SSSR count). The number of methoxy groups -OCH3 is 2. The van der Waals surface area contributed by atoms with Gasteiger partial charge in [0.15, 0.2) is 0 Å². The predicted octanol–water partition coefficient (Wildman–Crippen LogP) is 3.32. The van der Waals surface area contributed by atoms with E-state index in [1.807, 2.05) is 0 Å². The number of anilines is 2. The second-order valence-corrected chi connectivity index (χ2v) is 8.69. The van der Waals surface area contributed by atoms with Crippen LogP contribution in [0.3, 0.4) is 0 Å². The third kappa shape index (κ3) is 6.36. The van der Waals surface area contributed by atoms with E-state index in [0.29, 0.717) is 11.4 Å². The van der Waals surface area contributed by atoms with Gasteiger partial charge in [0.2, 0.25) is 15.9 Å². The van der Waals surface area contributed by atoms with Gasteiger partial charge in [-0.15, -0.1) is 0 Å². The number of sulfonamides is 1. The molecule has 0 saturated heterocycles. The van der Waals surface area contributed by atoms with Crippen molar-refractivity contribution >= 4 is 44.9 Å². The molecule has 0 fully saturated rings. The summed E-state index contributed by atoms with van der Waals surface area (Å²) in [5, 5.41) is 2.90. The normalized spacial score (nSPS) is 10.9. The summed E-state index contributed by atoms with van der Waals surface area (Å²) in [7, 11) is -0.801. The number of carbonyl (C=O) groups excluding carboxylic acids is 2. The number of carbonyl (C=O) groups is 2. The number of hydrogen-bond donors (Lipinski definition) is 1. The van der Waals surface area contributed by atoms with Gasteiger partial charge in [-0.3, -0.25) is 9.10 Å². The standard InChI is InChI=1S/C20H23ClN2O6S/c1-28-16-7-4-6-15(13-16)23(30(3,26)27)11-5-8-19(24)22-18-12-14(20(25)29-2)9-10-17(18)21/h4,6-7,9-10,12-13H,5,8,11H2,1-3H3,(H,22,24). The third-order valence-electron chi connectivity index (χ3n) is 4.17. The van der Waals surface area contributed by atoms with Crippen LogP contribution in [0.2, 0.25) is 5.02 Å². The molecule has 0 aromatic heterocycles. The highest BCUT2D eigenvalue weighted by atomic mass is 35.5. The molecular formula is C20H23ClN2O6S. The van der Waals surface area contributed by atoms with Crippen molar-refractivity contribution in [1.82, 2.24) is 0 Å². The summed E-state index contributed by atoms with van der Waals surface area (Å²) >= 11 is 6.07. The van der Waals surface area contributed by atoms with Crippen LogP contribution >= 0.6 is 11.6 Å².